The number of aliphatic hydroxyl groups is 3. The number of fused-ring (bicyclic) bond motifs is 3. The number of hydrogen-bond donors (Lipinski definition) is 11. The number of aliphatic hydroxyl groups excluding tert-OH is 3. The van der Waals surface area contributed by atoms with Gasteiger partial charge in [0.1, 0.15) is 42.4 Å². The van der Waals surface area contributed by atoms with Gasteiger partial charge in [-0.2, -0.15) is 23.2 Å². The highest BCUT2D eigenvalue weighted by Gasteiger charge is 2.54. The molecule has 6 aromatic heterocycles. The summed E-state index contributed by atoms with van der Waals surface area (Å²) in [4.78, 5) is 115. The lowest BCUT2D eigenvalue weighted by molar-refractivity contribution is -0.646. The number of H-pyrrole nitrogens is 2. The van der Waals surface area contributed by atoms with Crippen molar-refractivity contribution in [3.63, 3.8) is 0 Å². The van der Waals surface area contributed by atoms with Crippen molar-refractivity contribution in [2.45, 2.75) is 73.5 Å². The Bertz CT molecular complexity index is 3640. The van der Waals surface area contributed by atoms with Crippen LogP contribution < -0.4 is 37.8 Å². The number of nitrogens with one attached hydrogen (secondary N) is 2. The van der Waals surface area contributed by atoms with Gasteiger partial charge in [0.05, 0.1) is 57.4 Å². The number of hydrogen-bond acceptors (Lipinski definition) is 29. The SMILES string of the molecule is CO[C@@H]1[C@H](P([O-])(=S)OC[C@H]2O[C@@H](n3cnc4c(=O)[nH]c(N)nc43)[C@H](O)[C@@H]2O)[C@@H](COP(=O)(O)OP(=O)(O)OP(=O)(O)OC[C@H]2O[C@@H](n3c[n+](C)c4c(=O)[nH]c(N)nc43)[C@H](O)[C@@H]2CC(=O)N(C)C)O[C@H]1n1cnc2c(N)ncnc21. The number of nitrogens with two attached hydrogens (primary N) is 3. The van der Waals surface area contributed by atoms with Gasteiger partial charge in [-0.05, 0) is 0 Å². The maximum absolute atomic E-state index is 14.7. The van der Waals surface area contributed by atoms with Gasteiger partial charge < -0.3 is 80.5 Å². The van der Waals surface area contributed by atoms with Crippen molar-refractivity contribution in [1.82, 2.24) is 58.5 Å². The number of nitrogens with zero attached hydrogens (tertiary/aromatic N) is 11. The maximum atomic E-state index is 14.7. The summed E-state index contributed by atoms with van der Waals surface area (Å²) in [6.45, 7) is -7.83. The zero-order chi connectivity index (χ0) is 57.4. The molecule has 0 spiro atoms. The van der Waals surface area contributed by atoms with Gasteiger partial charge in [0.25, 0.3) is 16.7 Å². The van der Waals surface area contributed by atoms with E-state index >= 15 is 0 Å². The molecule has 43 heteroatoms. The van der Waals surface area contributed by atoms with Crippen molar-refractivity contribution in [3.8, 4) is 0 Å². The summed E-state index contributed by atoms with van der Waals surface area (Å²) in [6, 6.07) is 0. The minimum atomic E-state index is -6.22. The highest BCUT2D eigenvalue weighted by Crippen LogP contribution is 2.68. The van der Waals surface area contributed by atoms with Crippen LogP contribution in [0.1, 0.15) is 25.1 Å². The molecule has 0 bridgehead atoms. The van der Waals surface area contributed by atoms with Crippen molar-refractivity contribution in [2.24, 2.45) is 13.0 Å². The van der Waals surface area contributed by atoms with Crippen LogP contribution in [0.15, 0.2) is 34.9 Å². The first kappa shape index (κ1) is 58.5. The molecule has 0 aromatic carbocycles. The second kappa shape index (κ2) is 21.9. The number of amides is 1. The number of phosphoric ester groups is 2. The molecule has 9 rings (SSSR count). The molecular formula is C36H50N16O22P4S. The van der Waals surface area contributed by atoms with Crippen LogP contribution in [0.5, 0.6) is 0 Å². The van der Waals surface area contributed by atoms with Crippen molar-refractivity contribution >= 4 is 98.9 Å². The van der Waals surface area contributed by atoms with Crippen LogP contribution in [0.2, 0.25) is 0 Å². The van der Waals surface area contributed by atoms with Crippen molar-refractivity contribution in [3.05, 3.63) is 46.0 Å². The molecule has 3 aliphatic rings. The number of aromatic nitrogens is 12. The maximum Gasteiger partial charge on any atom is 0.490 e. The van der Waals surface area contributed by atoms with E-state index in [1.807, 2.05) is 0 Å². The smallest absolute Gasteiger partial charge is 0.490 e. The molecule has 38 nitrogen and oxygen atoms in total. The molecule has 9 heterocycles. The van der Waals surface area contributed by atoms with Gasteiger partial charge in [0, 0.05) is 40.0 Å². The van der Waals surface area contributed by atoms with Crippen LogP contribution in [-0.4, -0.2) is 184 Å². The minimum Gasteiger partial charge on any atom is -0.800 e. The molecule has 6 aromatic rings. The number of ether oxygens (including phenoxy) is 4. The zero-order valence-corrected chi connectivity index (χ0v) is 45.5. The van der Waals surface area contributed by atoms with Crippen LogP contribution in [0.25, 0.3) is 33.5 Å². The van der Waals surface area contributed by atoms with Gasteiger partial charge in [0.2, 0.25) is 30.4 Å². The Kier molecular flexibility index (Phi) is 16.2. The summed E-state index contributed by atoms with van der Waals surface area (Å²) in [7, 11) is -12.6. The van der Waals surface area contributed by atoms with E-state index in [0.717, 1.165) is 24.3 Å². The van der Waals surface area contributed by atoms with Crippen LogP contribution >= 0.6 is 30.0 Å². The largest absolute Gasteiger partial charge is 0.800 e. The Morgan fingerprint density at radius 3 is 1.96 bits per heavy atom. The number of aromatic amines is 2. The van der Waals surface area contributed by atoms with Crippen LogP contribution in [0.3, 0.4) is 0 Å². The number of carbonyl (C=O) groups excluding carboxylic acids is 1. The van der Waals surface area contributed by atoms with E-state index in [4.69, 9.17) is 61.5 Å². The fourth-order valence-corrected chi connectivity index (χ4v) is 15.4. The topological polar surface area (TPSA) is 539 Å². The predicted molar refractivity (Wildman–Crippen MR) is 263 cm³/mol. The third-order valence-corrected chi connectivity index (χ3v) is 20.0. The monoisotopic (exact) mass is 1210 g/mol. The fraction of sp³-hybridized carbons (Fsp3) is 0.556. The Morgan fingerprint density at radius 1 is 0.759 bits per heavy atom. The molecule has 0 aliphatic carbocycles. The molecule has 0 saturated carbocycles. The molecule has 0 radical (unpaired) electrons. The highest BCUT2D eigenvalue weighted by molar-refractivity contribution is 8.09. The molecule has 3 aliphatic heterocycles. The molecular weight excluding hydrogens is 1160 g/mol. The molecule has 16 atom stereocenters. The van der Waals surface area contributed by atoms with Gasteiger partial charge in [-0.1, -0.05) is 11.8 Å². The number of nitrogen functional groups attached to an aromatic ring is 3. The summed E-state index contributed by atoms with van der Waals surface area (Å²) in [6.07, 6.45) is -11.5. The molecule has 4 unspecified atom stereocenters. The Balaban J connectivity index is 0.897. The van der Waals surface area contributed by atoms with E-state index in [0.29, 0.717) is 0 Å². The number of rotatable bonds is 20. The molecule has 79 heavy (non-hydrogen) atoms. The molecule has 432 valence electrons. The lowest BCUT2D eigenvalue weighted by Crippen LogP contribution is -2.40. The Morgan fingerprint density at radius 2 is 1.32 bits per heavy atom. The first-order valence-electron chi connectivity index (χ1n) is 22.8. The average Bonchev–Trinajstić information content (AvgIpc) is 4.43. The lowest BCUT2D eigenvalue weighted by Gasteiger charge is -2.39. The first-order valence-corrected chi connectivity index (χ1v) is 30.0. The van der Waals surface area contributed by atoms with E-state index in [9.17, 15) is 63.0 Å². The van der Waals surface area contributed by atoms with Crippen LogP contribution in [0.4, 0.5) is 17.7 Å². The quantitative estimate of drug-likeness (QED) is 0.0254. The zero-order valence-electron chi connectivity index (χ0n) is 41.1. The number of phosphoric acid groups is 3. The highest BCUT2D eigenvalue weighted by atomic mass is 32.5. The van der Waals surface area contributed by atoms with Crippen molar-refractivity contribution in [2.75, 3.05) is 58.2 Å². The van der Waals surface area contributed by atoms with E-state index in [1.54, 1.807) is 0 Å². The average molecular weight is 1210 g/mol. The van der Waals surface area contributed by atoms with E-state index < -0.39 is 146 Å². The van der Waals surface area contributed by atoms with Gasteiger partial charge in [-0.25, -0.2) is 38.2 Å². The van der Waals surface area contributed by atoms with Gasteiger partial charge in [-0.3, -0.25) is 42.5 Å². The van der Waals surface area contributed by atoms with E-state index in [-0.39, 0.29) is 51.2 Å². The van der Waals surface area contributed by atoms with Gasteiger partial charge in [0.15, 0.2) is 35.1 Å². The third-order valence-electron chi connectivity index (χ3n) is 12.8. The van der Waals surface area contributed by atoms with Crippen LogP contribution in [0, 0.1) is 5.92 Å². The summed E-state index contributed by atoms with van der Waals surface area (Å²) < 4.78 is 92.8. The second-order valence-electron chi connectivity index (χ2n) is 18.1. The molecule has 1 amide bonds. The van der Waals surface area contributed by atoms with Crippen LogP contribution in [-0.2, 0) is 78.5 Å². The number of methoxy groups -OCH3 is 1. The summed E-state index contributed by atoms with van der Waals surface area (Å²) >= 11 is 5.52. The number of imidazole rings is 3. The van der Waals surface area contributed by atoms with E-state index in [2.05, 4.69) is 48.5 Å². The van der Waals surface area contributed by atoms with Gasteiger partial charge >= 0.3 is 29.0 Å². The molecule has 3 fully saturated rings. The summed E-state index contributed by atoms with van der Waals surface area (Å²) in [5, 5.41) is 33.6. The third kappa shape index (κ3) is 11.7. The molecule has 14 N–H and O–H groups in total. The van der Waals surface area contributed by atoms with Crippen molar-refractivity contribution < 1.29 is 99.1 Å². The lowest BCUT2D eigenvalue weighted by atomic mass is 9.94. The summed E-state index contributed by atoms with van der Waals surface area (Å²) in [5.41, 5.74) is 14.1. The molecule has 3 saturated heterocycles. The Labute approximate surface area is 445 Å². The number of carbonyl (C=O) groups is 1. The fourth-order valence-electron chi connectivity index (χ4n) is 9.20. The first-order chi connectivity index (χ1) is 37.0. The standard InChI is InChI=1S/C36H50N16O22P4S/c1-48(2)17(53)5-13-14(70-32(21(13)54)52-12-49(3)20-29(52)45-36(39)47-31(20)58)6-68-76(60,61)73-78(64,65)74-77(62,63)69-8-16-25(24(66-4)34(72-16)50-10-42-18-26(37)40-9-41-27(18)50)75(59,79)67-7-15-22(55)23(56)33(71-15)51-11-43-19-28(51)44-35(38)46-30(19)57/h9-16,21-25,32-34,54-56H,5-8H2,1-4H3,(H11-,37,38,39,40,41,44,45,46,47,57,58,59,60,61,62,63,64,65,79)/t13-,14-,15-,16-,21-,22-,23-,24-,25-,32-,33-,34-,75?/m1/s1. The number of aryl methyl sites for hydroxylation is 1. The number of anilines is 3. The minimum absolute atomic E-state index is 0.00206. The van der Waals surface area contributed by atoms with Gasteiger partial charge in [-0.15, -0.1) is 0 Å². The Hall–Kier alpha value is -5.18. The van der Waals surface area contributed by atoms with Crippen molar-refractivity contribution in [1.29, 1.82) is 0 Å². The predicted octanol–water partition coefficient (Wildman–Crippen LogP) is -4.42. The second-order valence-corrected chi connectivity index (χ2v) is 26.2. The van der Waals surface area contributed by atoms with E-state index in [1.165, 1.54) is 52.4 Å². The summed E-state index contributed by atoms with van der Waals surface area (Å²) in [5.74, 6) is -2.44. The normalized spacial score (nSPS) is 29.5.